The lowest BCUT2D eigenvalue weighted by Gasteiger charge is -2.41. The Hall–Kier alpha value is -2.07. The zero-order chi connectivity index (χ0) is 23.3. The highest BCUT2D eigenvalue weighted by Crippen LogP contribution is 2.51. The number of sulfone groups is 1. The number of anilines is 1. The van der Waals surface area contributed by atoms with Crippen LogP contribution in [0.1, 0.15) is 36.0 Å². The molecule has 0 saturated heterocycles. The zero-order valence-corrected chi connectivity index (χ0v) is 18.5. The molecule has 2 aliphatic rings. The van der Waals surface area contributed by atoms with Gasteiger partial charge in [-0.1, -0.05) is 11.6 Å². The molecule has 6 nitrogen and oxygen atoms in total. The van der Waals surface area contributed by atoms with E-state index in [4.69, 9.17) is 11.6 Å². The molecule has 172 valence electrons. The average Bonchev–Trinajstić information content (AvgIpc) is 2.92. The van der Waals surface area contributed by atoms with Gasteiger partial charge in [0, 0.05) is 17.3 Å². The van der Waals surface area contributed by atoms with Gasteiger partial charge in [-0.05, 0) is 67.9 Å². The molecule has 2 saturated carbocycles. The zero-order valence-electron chi connectivity index (χ0n) is 16.9. The van der Waals surface area contributed by atoms with Crippen LogP contribution in [0, 0.1) is 23.5 Å². The van der Waals surface area contributed by atoms with E-state index in [1.165, 1.54) is 24.3 Å². The van der Waals surface area contributed by atoms with E-state index < -0.39 is 44.8 Å². The van der Waals surface area contributed by atoms with E-state index in [1.807, 2.05) is 0 Å². The summed E-state index contributed by atoms with van der Waals surface area (Å²) < 4.78 is 53.3. The molecule has 2 atom stereocenters. The molecule has 2 bridgehead atoms. The van der Waals surface area contributed by atoms with Crippen LogP contribution in [0.15, 0.2) is 41.3 Å². The Kier molecular flexibility index (Phi) is 6.04. The number of fused-ring (bicyclic) bond motifs is 2. The molecule has 0 radical (unpaired) electrons. The van der Waals surface area contributed by atoms with Gasteiger partial charge in [-0.3, -0.25) is 4.79 Å². The molecule has 2 unspecified atom stereocenters. The largest absolute Gasteiger partial charge is 0.393 e. The monoisotopic (exact) mass is 485 g/mol. The first-order valence-corrected chi connectivity index (χ1v) is 12.1. The third-order valence-corrected chi connectivity index (χ3v) is 9.40. The fourth-order valence-electron chi connectivity index (χ4n) is 4.94. The van der Waals surface area contributed by atoms with Crippen molar-refractivity contribution in [2.24, 2.45) is 11.8 Å². The first-order valence-electron chi connectivity index (χ1n) is 10.2. The molecule has 0 aromatic heterocycles. The molecule has 2 aliphatic carbocycles. The molecule has 0 heterocycles. The Morgan fingerprint density at radius 3 is 2.34 bits per heavy atom. The predicted octanol–water partition coefficient (Wildman–Crippen LogP) is 3.56. The number of carbonyl (C=O) groups excluding carboxylic acids is 1. The van der Waals surface area contributed by atoms with Crippen LogP contribution in [-0.2, 0) is 9.84 Å². The van der Waals surface area contributed by atoms with E-state index in [-0.39, 0.29) is 45.8 Å². The number of amides is 1. The van der Waals surface area contributed by atoms with Crippen molar-refractivity contribution in [3.8, 4) is 0 Å². The fraction of sp³-hybridized carbons (Fsp3) is 0.409. The maximum atomic E-state index is 13.4. The van der Waals surface area contributed by atoms with E-state index in [9.17, 15) is 32.2 Å². The molecule has 2 aromatic rings. The highest BCUT2D eigenvalue weighted by Gasteiger charge is 2.55. The number of nitrogens with one attached hydrogen (secondary N) is 1. The number of halogens is 3. The van der Waals surface area contributed by atoms with Gasteiger partial charge < -0.3 is 15.5 Å². The van der Waals surface area contributed by atoms with Crippen molar-refractivity contribution >= 4 is 33.0 Å². The van der Waals surface area contributed by atoms with Crippen molar-refractivity contribution < 1.29 is 32.2 Å². The minimum atomic E-state index is -3.93. The lowest BCUT2D eigenvalue weighted by molar-refractivity contribution is -0.0943. The Balaban J connectivity index is 1.59. The van der Waals surface area contributed by atoms with Gasteiger partial charge in [0.15, 0.2) is 21.5 Å². The number of rotatable bonds is 5. The molecule has 3 N–H and O–H groups in total. The minimum absolute atomic E-state index is 0.0108. The lowest BCUT2D eigenvalue weighted by atomic mass is 9.75. The fourth-order valence-corrected chi connectivity index (χ4v) is 7.34. The van der Waals surface area contributed by atoms with Crippen LogP contribution in [0.4, 0.5) is 14.5 Å². The Bertz CT molecular complexity index is 1160. The van der Waals surface area contributed by atoms with Crippen molar-refractivity contribution in [2.75, 3.05) is 11.9 Å². The highest BCUT2D eigenvalue weighted by molar-refractivity contribution is 7.92. The highest BCUT2D eigenvalue weighted by atomic mass is 35.5. The SMILES string of the molecule is O=C(Nc1ccc(F)c(F)c1)c1ccc(Cl)c(S(=O)(=O)C2CC3CCC(C2)C3(O)CO)c1. The summed E-state index contributed by atoms with van der Waals surface area (Å²) in [5, 5.41) is 21.9. The first-order chi connectivity index (χ1) is 15.1. The number of aliphatic hydroxyl groups excluding tert-OH is 1. The van der Waals surface area contributed by atoms with Crippen LogP contribution < -0.4 is 5.32 Å². The summed E-state index contributed by atoms with van der Waals surface area (Å²) >= 11 is 6.18. The maximum Gasteiger partial charge on any atom is 0.255 e. The quantitative estimate of drug-likeness (QED) is 0.601. The maximum absolute atomic E-state index is 13.4. The third-order valence-electron chi connectivity index (χ3n) is 6.74. The van der Waals surface area contributed by atoms with Crippen molar-refractivity contribution in [2.45, 2.75) is 41.4 Å². The predicted molar refractivity (Wildman–Crippen MR) is 114 cm³/mol. The van der Waals surface area contributed by atoms with E-state index >= 15 is 0 Å². The summed E-state index contributed by atoms with van der Waals surface area (Å²) in [6.45, 7) is -0.407. The molecule has 2 fully saturated rings. The number of hydrogen-bond donors (Lipinski definition) is 3. The summed E-state index contributed by atoms with van der Waals surface area (Å²) in [7, 11) is -3.93. The molecule has 2 aromatic carbocycles. The number of aliphatic hydroxyl groups is 2. The van der Waals surface area contributed by atoms with Crippen LogP contribution in [0.2, 0.25) is 5.02 Å². The molecule has 32 heavy (non-hydrogen) atoms. The van der Waals surface area contributed by atoms with Crippen LogP contribution in [-0.4, -0.2) is 42.0 Å². The van der Waals surface area contributed by atoms with E-state index in [0.717, 1.165) is 12.1 Å². The molecule has 4 rings (SSSR count). The minimum Gasteiger partial charge on any atom is -0.393 e. The van der Waals surface area contributed by atoms with Gasteiger partial charge in [0.1, 0.15) is 0 Å². The molecular formula is C22H22ClF2NO5S. The van der Waals surface area contributed by atoms with Gasteiger partial charge in [0.2, 0.25) is 0 Å². The van der Waals surface area contributed by atoms with Crippen molar-refractivity contribution in [1.82, 2.24) is 0 Å². The number of hydrogen-bond acceptors (Lipinski definition) is 5. The standard InChI is InChI=1S/C22H22ClF2NO5S/c23-17-5-1-12(21(28)26-15-4-6-18(24)19(25)10-15)7-20(17)32(30,31)16-8-13-2-3-14(9-16)22(13,29)11-27/h1,4-7,10,13-14,16,27,29H,2-3,8-9,11H2,(H,26,28). The second kappa shape index (κ2) is 8.37. The summed E-state index contributed by atoms with van der Waals surface area (Å²) in [5.41, 5.74) is -1.26. The second-order valence-corrected chi connectivity index (χ2v) is 11.1. The normalized spacial score (nSPS) is 27.3. The van der Waals surface area contributed by atoms with Crippen LogP contribution >= 0.6 is 11.6 Å². The van der Waals surface area contributed by atoms with Gasteiger partial charge in [-0.25, -0.2) is 17.2 Å². The van der Waals surface area contributed by atoms with E-state index in [0.29, 0.717) is 12.8 Å². The Morgan fingerprint density at radius 1 is 1.09 bits per heavy atom. The molecule has 0 aliphatic heterocycles. The molecular weight excluding hydrogens is 464 g/mol. The average molecular weight is 486 g/mol. The summed E-state index contributed by atoms with van der Waals surface area (Å²) in [5.74, 6) is -3.55. The number of carbonyl (C=O) groups is 1. The van der Waals surface area contributed by atoms with E-state index in [1.54, 1.807) is 0 Å². The van der Waals surface area contributed by atoms with Gasteiger partial charge in [-0.2, -0.15) is 0 Å². The summed E-state index contributed by atoms with van der Waals surface area (Å²) in [6, 6.07) is 6.68. The summed E-state index contributed by atoms with van der Waals surface area (Å²) in [6.07, 6.45) is 1.66. The first kappa shape index (κ1) is 23.1. The lowest BCUT2D eigenvalue weighted by Crippen LogP contribution is -2.50. The van der Waals surface area contributed by atoms with Gasteiger partial charge in [0.25, 0.3) is 5.91 Å². The second-order valence-electron chi connectivity index (χ2n) is 8.49. The van der Waals surface area contributed by atoms with Crippen molar-refractivity contribution in [1.29, 1.82) is 0 Å². The van der Waals surface area contributed by atoms with Crippen LogP contribution in [0.25, 0.3) is 0 Å². The Labute approximate surface area is 189 Å². The van der Waals surface area contributed by atoms with Crippen molar-refractivity contribution in [3.63, 3.8) is 0 Å². The van der Waals surface area contributed by atoms with Crippen LogP contribution in [0.5, 0.6) is 0 Å². The smallest absolute Gasteiger partial charge is 0.255 e. The Morgan fingerprint density at radius 2 is 1.75 bits per heavy atom. The molecule has 10 heteroatoms. The number of benzene rings is 2. The topological polar surface area (TPSA) is 104 Å². The summed E-state index contributed by atoms with van der Waals surface area (Å²) in [4.78, 5) is 12.4. The van der Waals surface area contributed by atoms with Gasteiger partial charge >= 0.3 is 0 Å². The molecule has 1 amide bonds. The third kappa shape index (κ3) is 3.91. The van der Waals surface area contributed by atoms with Gasteiger partial charge in [-0.15, -0.1) is 0 Å². The van der Waals surface area contributed by atoms with E-state index in [2.05, 4.69) is 5.32 Å². The van der Waals surface area contributed by atoms with Crippen molar-refractivity contribution in [3.05, 3.63) is 58.6 Å². The van der Waals surface area contributed by atoms with Gasteiger partial charge in [0.05, 0.1) is 27.4 Å². The molecule has 0 spiro atoms. The van der Waals surface area contributed by atoms with Crippen LogP contribution in [0.3, 0.4) is 0 Å².